The average Bonchev–Trinajstić information content (AvgIpc) is 2.28. The van der Waals surface area contributed by atoms with E-state index in [0.29, 0.717) is 0 Å². The lowest BCUT2D eigenvalue weighted by atomic mass is 10.3. The lowest BCUT2D eigenvalue weighted by molar-refractivity contribution is -0.129. The molecule has 0 radical (unpaired) electrons. The number of sulfonamides is 1. The van der Waals surface area contributed by atoms with Gasteiger partial charge in [-0.25, -0.2) is 4.79 Å². The molecule has 0 saturated heterocycles. The third kappa shape index (κ3) is 1.93. The van der Waals surface area contributed by atoms with Crippen LogP contribution in [0.5, 0.6) is 0 Å². The molecule has 0 aromatic rings. The summed E-state index contributed by atoms with van der Waals surface area (Å²) in [5, 5.41) is 11.1. The first-order chi connectivity index (χ1) is 5.97. The largest absolute Gasteiger partial charge is 0.476 e. The summed E-state index contributed by atoms with van der Waals surface area (Å²) in [5.74, 6) is -1.34. The Morgan fingerprint density at radius 3 is 2.69 bits per heavy atom. The molecule has 0 unspecified atom stereocenters. The van der Waals surface area contributed by atoms with E-state index < -0.39 is 21.7 Å². The zero-order chi connectivity index (χ0) is 10.1. The summed E-state index contributed by atoms with van der Waals surface area (Å²) in [5.41, 5.74) is -0.440. The second-order valence-corrected chi connectivity index (χ2v) is 4.05. The maximum atomic E-state index is 11.1. The molecule has 6 nitrogen and oxygen atoms in total. The van der Waals surface area contributed by atoms with Gasteiger partial charge in [0.1, 0.15) is 0 Å². The molecule has 0 spiro atoms. The highest BCUT2D eigenvalue weighted by molar-refractivity contribution is 7.94. The number of likely N-dealkylation sites (N-methyl/N-ethyl adjacent to an activating group) is 1. The molecule has 0 aromatic heterocycles. The van der Waals surface area contributed by atoms with Gasteiger partial charge in [-0.05, 0) is 13.1 Å². The number of carboxylic acids is 1. The van der Waals surface area contributed by atoms with Crippen LogP contribution >= 0.6 is 0 Å². The topological polar surface area (TPSA) is 95.8 Å². The van der Waals surface area contributed by atoms with E-state index in [9.17, 15) is 13.2 Å². The molecule has 7 heteroatoms. The SMILES string of the molecule is CNCC1=CC(C(=O)O)=NS1(=O)=O. The highest BCUT2D eigenvalue weighted by Crippen LogP contribution is 2.15. The van der Waals surface area contributed by atoms with Gasteiger partial charge >= 0.3 is 5.97 Å². The fraction of sp³-hybridized carbons (Fsp3) is 0.333. The highest BCUT2D eigenvalue weighted by atomic mass is 32.2. The zero-order valence-electron chi connectivity index (χ0n) is 6.81. The first kappa shape index (κ1) is 9.87. The molecular weight excluding hydrogens is 196 g/mol. The summed E-state index contributed by atoms with van der Waals surface area (Å²) < 4.78 is 25.3. The van der Waals surface area contributed by atoms with Crippen molar-refractivity contribution in [2.45, 2.75) is 0 Å². The molecule has 0 saturated carbocycles. The van der Waals surface area contributed by atoms with E-state index in [0.717, 1.165) is 6.08 Å². The number of carboxylic acid groups (broad SMARTS) is 1. The summed E-state index contributed by atoms with van der Waals surface area (Å²) in [4.78, 5) is 10.4. The molecule has 1 aliphatic rings. The number of hydrogen-bond donors (Lipinski definition) is 2. The van der Waals surface area contributed by atoms with Gasteiger partial charge in [-0.1, -0.05) is 0 Å². The summed E-state index contributed by atoms with van der Waals surface area (Å²) in [6.07, 6.45) is 1.05. The Labute approximate surface area is 75.0 Å². The normalized spacial score (nSPS) is 19.5. The number of hydrogen-bond acceptors (Lipinski definition) is 4. The molecule has 0 fully saturated rings. The molecule has 13 heavy (non-hydrogen) atoms. The Balaban J connectivity index is 3.05. The minimum atomic E-state index is -3.74. The van der Waals surface area contributed by atoms with Crippen LogP contribution in [-0.4, -0.2) is 38.8 Å². The van der Waals surface area contributed by atoms with Gasteiger partial charge in [-0.3, -0.25) is 0 Å². The van der Waals surface area contributed by atoms with Crippen molar-refractivity contribution in [1.82, 2.24) is 5.32 Å². The maximum absolute atomic E-state index is 11.1. The highest BCUT2D eigenvalue weighted by Gasteiger charge is 2.26. The molecule has 72 valence electrons. The van der Waals surface area contributed by atoms with Crippen LogP contribution in [0.4, 0.5) is 0 Å². The fourth-order valence-electron chi connectivity index (χ4n) is 0.859. The van der Waals surface area contributed by atoms with E-state index in [1.807, 2.05) is 0 Å². The van der Waals surface area contributed by atoms with Gasteiger partial charge in [0, 0.05) is 6.54 Å². The molecule has 1 aliphatic heterocycles. The molecule has 0 aliphatic carbocycles. The lowest BCUT2D eigenvalue weighted by Gasteiger charge is -1.96. The number of nitrogens with zero attached hydrogens (tertiary/aromatic N) is 1. The quantitative estimate of drug-likeness (QED) is 0.612. The van der Waals surface area contributed by atoms with Crippen LogP contribution in [0.2, 0.25) is 0 Å². The summed E-state index contributed by atoms with van der Waals surface area (Å²) in [6.45, 7) is 0.0859. The van der Waals surface area contributed by atoms with Gasteiger partial charge < -0.3 is 10.4 Å². The Morgan fingerprint density at radius 1 is 1.69 bits per heavy atom. The lowest BCUT2D eigenvalue weighted by Crippen LogP contribution is -2.14. The summed E-state index contributed by atoms with van der Waals surface area (Å²) in [6, 6.07) is 0. The predicted molar refractivity (Wildman–Crippen MR) is 46.0 cm³/mol. The monoisotopic (exact) mass is 204 g/mol. The van der Waals surface area contributed by atoms with Gasteiger partial charge in [0.25, 0.3) is 10.0 Å². The third-order valence-electron chi connectivity index (χ3n) is 1.42. The Morgan fingerprint density at radius 2 is 2.31 bits per heavy atom. The number of aliphatic carboxylic acids is 1. The Bertz CT molecular complexity index is 393. The van der Waals surface area contributed by atoms with Gasteiger partial charge in [0.05, 0.1) is 4.91 Å². The van der Waals surface area contributed by atoms with Crippen molar-refractivity contribution in [3.63, 3.8) is 0 Å². The van der Waals surface area contributed by atoms with E-state index in [-0.39, 0.29) is 11.4 Å². The third-order valence-corrected chi connectivity index (χ3v) is 2.78. The number of carbonyl (C=O) groups is 1. The molecule has 0 bridgehead atoms. The summed E-state index contributed by atoms with van der Waals surface area (Å²) in [7, 11) is -2.17. The van der Waals surface area contributed by atoms with Crippen molar-refractivity contribution in [3.05, 3.63) is 11.0 Å². The van der Waals surface area contributed by atoms with Crippen LogP contribution in [0.1, 0.15) is 0 Å². The molecule has 0 aromatic carbocycles. The Kier molecular flexibility index (Phi) is 2.48. The second-order valence-electron chi connectivity index (χ2n) is 2.40. The van der Waals surface area contributed by atoms with Crippen molar-refractivity contribution < 1.29 is 18.3 Å². The van der Waals surface area contributed by atoms with Crippen LogP contribution in [0, 0.1) is 0 Å². The van der Waals surface area contributed by atoms with Crippen molar-refractivity contribution in [2.75, 3.05) is 13.6 Å². The van der Waals surface area contributed by atoms with E-state index in [1.54, 1.807) is 7.05 Å². The first-order valence-corrected chi connectivity index (χ1v) is 4.85. The predicted octanol–water partition coefficient (Wildman–Crippen LogP) is -1.04. The van der Waals surface area contributed by atoms with Crippen molar-refractivity contribution in [1.29, 1.82) is 0 Å². The van der Waals surface area contributed by atoms with Gasteiger partial charge in [0.15, 0.2) is 5.71 Å². The van der Waals surface area contributed by atoms with Crippen molar-refractivity contribution in [3.8, 4) is 0 Å². The van der Waals surface area contributed by atoms with Crippen LogP contribution in [-0.2, 0) is 14.8 Å². The zero-order valence-corrected chi connectivity index (χ0v) is 7.63. The van der Waals surface area contributed by atoms with E-state index in [2.05, 4.69) is 9.71 Å². The fourth-order valence-corrected chi connectivity index (χ4v) is 1.95. The standard InChI is InChI=1S/C6H8N2O4S/c1-7-3-4-2-5(6(9)10)8-13(4,11)12/h2,7H,3H2,1H3,(H,9,10). The number of rotatable bonds is 3. The molecule has 1 rings (SSSR count). The van der Waals surface area contributed by atoms with Gasteiger partial charge in [0.2, 0.25) is 0 Å². The first-order valence-electron chi connectivity index (χ1n) is 3.41. The van der Waals surface area contributed by atoms with E-state index in [4.69, 9.17) is 5.11 Å². The molecule has 2 N–H and O–H groups in total. The second kappa shape index (κ2) is 3.27. The molecule has 0 amide bonds. The smallest absolute Gasteiger partial charge is 0.355 e. The van der Waals surface area contributed by atoms with Crippen molar-refractivity contribution in [2.24, 2.45) is 4.40 Å². The van der Waals surface area contributed by atoms with E-state index in [1.165, 1.54) is 0 Å². The Hall–Kier alpha value is -1.21. The summed E-state index contributed by atoms with van der Waals surface area (Å²) >= 11 is 0. The van der Waals surface area contributed by atoms with Crippen LogP contribution in [0.3, 0.4) is 0 Å². The number of nitrogens with one attached hydrogen (secondary N) is 1. The van der Waals surface area contributed by atoms with Gasteiger partial charge in [-0.15, -0.1) is 0 Å². The molecule has 0 atom stereocenters. The van der Waals surface area contributed by atoms with Crippen LogP contribution < -0.4 is 5.32 Å². The molecule has 1 heterocycles. The van der Waals surface area contributed by atoms with Crippen molar-refractivity contribution >= 4 is 21.7 Å². The van der Waals surface area contributed by atoms with Crippen LogP contribution in [0.15, 0.2) is 15.4 Å². The molecular formula is C6H8N2O4S. The minimum absolute atomic E-state index is 0.0209. The minimum Gasteiger partial charge on any atom is -0.476 e. The van der Waals surface area contributed by atoms with Crippen LogP contribution in [0.25, 0.3) is 0 Å². The maximum Gasteiger partial charge on any atom is 0.355 e. The average molecular weight is 204 g/mol. The van der Waals surface area contributed by atoms with E-state index >= 15 is 0 Å². The van der Waals surface area contributed by atoms with Gasteiger partial charge in [-0.2, -0.15) is 12.8 Å².